The van der Waals surface area contributed by atoms with E-state index in [9.17, 15) is 26.0 Å². The number of piperidine rings is 1. The van der Waals surface area contributed by atoms with E-state index in [1.165, 1.54) is 0 Å². The van der Waals surface area contributed by atoms with E-state index in [0.29, 0.717) is 6.54 Å². The molecule has 2 atom stereocenters. The van der Waals surface area contributed by atoms with E-state index in [-0.39, 0.29) is 24.4 Å². The van der Waals surface area contributed by atoms with E-state index in [4.69, 9.17) is 0 Å². The van der Waals surface area contributed by atoms with Gasteiger partial charge in [0.25, 0.3) is 0 Å². The minimum absolute atomic E-state index is 0. The van der Waals surface area contributed by atoms with Gasteiger partial charge in [0.15, 0.2) is 28.2 Å². The van der Waals surface area contributed by atoms with Crippen molar-refractivity contribution in [3.8, 4) is 0 Å². The molecule has 0 aromatic heterocycles. The summed E-state index contributed by atoms with van der Waals surface area (Å²) in [7, 11) is -4.72. The number of benzene rings is 1. The van der Waals surface area contributed by atoms with Gasteiger partial charge in [-0.3, -0.25) is 0 Å². The van der Waals surface area contributed by atoms with Crippen LogP contribution in [0.15, 0.2) is 11.0 Å². The van der Waals surface area contributed by atoms with Gasteiger partial charge in [0.1, 0.15) is 0 Å². The zero-order valence-corrected chi connectivity index (χ0v) is 13.8. The van der Waals surface area contributed by atoms with Crippen LogP contribution in [0.3, 0.4) is 0 Å². The first-order valence-electron chi connectivity index (χ1n) is 6.80. The molecule has 1 aliphatic heterocycles. The highest BCUT2D eigenvalue weighted by Crippen LogP contribution is 2.25. The Labute approximate surface area is 138 Å². The van der Waals surface area contributed by atoms with Crippen LogP contribution in [-0.4, -0.2) is 27.5 Å². The largest absolute Gasteiger partial charge is 0.316 e. The number of hydrogen-bond acceptors (Lipinski definition) is 3. The van der Waals surface area contributed by atoms with Crippen LogP contribution in [0.25, 0.3) is 0 Å². The fourth-order valence-electron chi connectivity index (χ4n) is 2.49. The molecule has 0 amide bonds. The molecule has 132 valence electrons. The second-order valence-corrected chi connectivity index (χ2v) is 6.96. The molecule has 2 N–H and O–H groups in total. The first-order chi connectivity index (χ1) is 10.2. The SMILES string of the molecule is CC(NS(=O)(=O)c1c(F)c(F)cc(F)c1F)C1CCCNC1.Cl. The van der Waals surface area contributed by atoms with E-state index in [0.717, 1.165) is 19.4 Å². The Bertz CT molecular complexity index is 640. The molecule has 10 heteroatoms. The van der Waals surface area contributed by atoms with E-state index >= 15 is 0 Å². The Kier molecular flexibility index (Phi) is 6.81. The molecular weight excluding hydrogens is 360 g/mol. The first kappa shape index (κ1) is 20.1. The van der Waals surface area contributed by atoms with Crippen molar-refractivity contribution in [2.75, 3.05) is 13.1 Å². The highest BCUT2D eigenvalue weighted by atomic mass is 35.5. The lowest BCUT2D eigenvalue weighted by Gasteiger charge is -2.28. The molecule has 1 aliphatic rings. The van der Waals surface area contributed by atoms with Crippen LogP contribution in [0.2, 0.25) is 0 Å². The Morgan fingerprint density at radius 1 is 1.22 bits per heavy atom. The molecule has 2 unspecified atom stereocenters. The molecule has 1 aromatic rings. The van der Waals surface area contributed by atoms with Crippen molar-refractivity contribution < 1.29 is 26.0 Å². The lowest BCUT2D eigenvalue weighted by atomic mass is 9.94. The normalized spacial score (nSPS) is 20.0. The molecule has 0 spiro atoms. The molecule has 0 aliphatic carbocycles. The summed E-state index contributed by atoms with van der Waals surface area (Å²) in [6.07, 6.45) is 1.58. The van der Waals surface area contributed by atoms with Crippen LogP contribution in [0, 0.1) is 29.2 Å². The third kappa shape index (κ3) is 4.34. The number of sulfonamides is 1. The van der Waals surface area contributed by atoms with Gasteiger partial charge in [-0.15, -0.1) is 12.4 Å². The Morgan fingerprint density at radius 2 is 1.78 bits per heavy atom. The fraction of sp³-hybridized carbons (Fsp3) is 0.538. The molecule has 0 bridgehead atoms. The van der Waals surface area contributed by atoms with Gasteiger partial charge in [-0.1, -0.05) is 0 Å². The van der Waals surface area contributed by atoms with Gasteiger partial charge >= 0.3 is 0 Å². The molecule has 4 nitrogen and oxygen atoms in total. The van der Waals surface area contributed by atoms with Crippen molar-refractivity contribution in [1.82, 2.24) is 10.0 Å². The van der Waals surface area contributed by atoms with E-state index in [1.807, 2.05) is 0 Å². The van der Waals surface area contributed by atoms with Crippen molar-refractivity contribution in [2.24, 2.45) is 5.92 Å². The summed E-state index contributed by atoms with van der Waals surface area (Å²) in [5.74, 6) is -7.45. The van der Waals surface area contributed by atoms with Crippen LogP contribution in [0.1, 0.15) is 19.8 Å². The Balaban J connectivity index is 0.00000264. The number of nitrogens with one attached hydrogen (secondary N) is 2. The quantitative estimate of drug-likeness (QED) is 0.626. The van der Waals surface area contributed by atoms with Crippen molar-refractivity contribution in [3.05, 3.63) is 29.3 Å². The van der Waals surface area contributed by atoms with E-state index in [2.05, 4.69) is 10.0 Å². The summed E-state index contributed by atoms with van der Waals surface area (Å²) in [5.41, 5.74) is 0. The van der Waals surface area contributed by atoms with E-state index < -0.39 is 44.2 Å². The Morgan fingerprint density at radius 3 is 2.26 bits per heavy atom. The minimum atomic E-state index is -4.72. The predicted molar refractivity (Wildman–Crippen MR) is 78.9 cm³/mol. The number of hydrogen-bond donors (Lipinski definition) is 2. The maximum atomic E-state index is 13.6. The lowest BCUT2D eigenvalue weighted by Crippen LogP contribution is -2.44. The van der Waals surface area contributed by atoms with Gasteiger partial charge in [0.2, 0.25) is 10.0 Å². The fourth-order valence-corrected chi connectivity index (χ4v) is 3.96. The van der Waals surface area contributed by atoms with Gasteiger partial charge < -0.3 is 5.32 Å². The number of rotatable bonds is 4. The minimum Gasteiger partial charge on any atom is -0.316 e. The standard InChI is InChI=1S/C13H16F4N2O2S.ClH/c1-7(8-3-2-4-18-6-8)19-22(20,21)13-11(16)9(14)5-10(15)12(13)17;/h5,7-8,18-19H,2-4,6H2,1H3;1H. The molecule has 1 heterocycles. The monoisotopic (exact) mass is 376 g/mol. The maximum Gasteiger partial charge on any atom is 0.246 e. The molecule has 23 heavy (non-hydrogen) atoms. The highest BCUT2D eigenvalue weighted by Gasteiger charge is 2.32. The summed E-state index contributed by atoms with van der Waals surface area (Å²) in [5, 5.41) is 3.08. The average molecular weight is 377 g/mol. The summed E-state index contributed by atoms with van der Waals surface area (Å²) < 4.78 is 79.8. The van der Waals surface area contributed by atoms with Gasteiger partial charge in [-0.2, -0.15) is 0 Å². The van der Waals surface area contributed by atoms with Gasteiger partial charge in [-0.05, 0) is 38.8 Å². The summed E-state index contributed by atoms with van der Waals surface area (Å²) >= 11 is 0. The van der Waals surface area contributed by atoms with Gasteiger partial charge in [0, 0.05) is 12.1 Å². The van der Waals surface area contributed by atoms with Gasteiger partial charge in [-0.25, -0.2) is 30.7 Å². The summed E-state index contributed by atoms with van der Waals surface area (Å²) in [4.78, 5) is -1.62. The molecule has 1 saturated heterocycles. The second-order valence-electron chi connectivity index (χ2n) is 5.31. The molecule has 1 aromatic carbocycles. The molecule has 0 radical (unpaired) electrons. The van der Waals surface area contributed by atoms with Crippen LogP contribution in [0.5, 0.6) is 0 Å². The van der Waals surface area contributed by atoms with Crippen molar-refractivity contribution in [1.29, 1.82) is 0 Å². The zero-order valence-electron chi connectivity index (χ0n) is 12.2. The molecule has 2 rings (SSSR count). The van der Waals surface area contributed by atoms with Crippen molar-refractivity contribution >= 4 is 22.4 Å². The summed E-state index contributed by atoms with van der Waals surface area (Å²) in [6, 6.07) is -0.666. The highest BCUT2D eigenvalue weighted by molar-refractivity contribution is 7.89. The molecule has 0 saturated carbocycles. The zero-order chi connectivity index (χ0) is 16.5. The first-order valence-corrected chi connectivity index (χ1v) is 8.28. The third-order valence-corrected chi connectivity index (χ3v) is 5.30. The summed E-state index contributed by atoms with van der Waals surface area (Å²) in [6.45, 7) is 2.90. The lowest BCUT2D eigenvalue weighted by molar-refractivity contribution is 0.319. The predicted octanol–water partition coefficient (Wildman–Crippen LogP) is 2.33. The third-order valence-electron chi connectivity index (χ3n) is 3.72. The average Bonchev–Trinajstić information content (AvgIpc) is 2.45. The molecule has 1 fully saturated rings. The smallest absolute Gasteiger partial charge is 0.246 e. The maximum absolute atomic E-state index is 13.6. The van der Waals surface area contributed by atoms with Crippen LogP contribution in [-0.2, 0) is 10.0 Å². The topological polar surface area (TPSA) is 58.2 Å². The van der Waals surface area contributed by atoms with Crippen molar-refractivity contribution in [2.45, 2.75) is 30.7 Å². The van der Waals surface area contributed by atoms with Crippen molar-refractivity contribution in [3.63, 3.8) is 0 Å². The number of halogens is 5. The van der Waals surface area contributed by atoms with Gasteiger partial charge in [0.05, 0.1) is 0 Å². The van der Waals surface area contributed by atoms with Crippen LogP contribution >= 0.6 is 12.4 Å². The van der Waals surface area contributed by atoms with Crippen LogP contribution in [0.4, 0.5) is 17.6 Å². The molecular formula is C13H17ClF4N2O2S. The van der Waals surface area contributed by atoms with E-state index in [1.54, 1.807) is 6.92 Å². The second kappa shape index (κ2) is 7.78. The van der Waals surface area contributed by atoms with Crippen LogP contribution < -0.4 is 10.0 Å². The Hall–Kier alpha value is -0.900.